The van der Waals surface area contributed by atoms with Crippen molar-refractivity contribution in [3.8, 4) is 22.3 Å². The minimum Gasteiger partial charge on any atom is -0.461 e. The summed E-state index contributed by atoms with van der Waals surface area (Å²) in [4.78, 5) is 56.0. The summed E-state index contributed by atoms with van der Waals surface area (Å²) in [6.45, 7) is 5.64. The molecule has 0 bridgehead atoms. The van der Waals surface area contributed by atoms with Gasteiger partial charge in [0.15, 0.2) is 0 Å². The monoisotopic (exact) mass is 657 g/mol. The summed E-state index contributed by atoms with van der Waals surface area (Å²) in [5, 5.41) is 5.76. The van der Waals surface area contributed by atoms with Crippen molar-refractivity contribution in [1.82, 2.24) is 14.9 Å². The largest absolute Gasteiger partial charge is 0.461 e. The average molecular weight is 658 g/mol. The molecule has 10 nitrogen and oxygen atoms in total. The van der Waals surface area contributed by atoms with Gasteiger partial charge in [-0.15, -0.1) is 0 Å². The lowest BCUT2D eigenvalue weighted by Gasteiger charge is -2.32. The number of carbonyl (C=O) groups is 4. The maximum atomic E-state index is 14.0. The molecule has 3 amide bonds. The van der Waals surface area contributed by atoms with Crippen LogP contribution in [0.25, 0.3) is 22.3 Å². The fraction of sp³-hybridized carbons (Fsp3) is 0.205. The molecule has 49 heavy (non-hydrogen) atoms. The van der Waals surface area contributed by atoms with Crippen molar-refractivity contribution in [3.05, 3.63) is 133 Å². The Kier molecular flexibility index (Phi) is 10.7. The topological polar surface area (TPSA) is 145 Å². The van der Waals surface area contributed by atoms with E-state index >= 15 is 0 Å². The molecule has 4 N–H and O–H groups in total. The summed E-state index contributed by atoms with van der Waals surface area (Å²) in [5.74, 6) is -1.93. The number of nitrogens with zero attached hydrogens (tertiary/aromatic N) is 2. The Bertz CT molecular complexity index is 1900. The van der Waals surface area contributed by atoms with Crippen molar-refractivity contribution in [3.63, 3.8) is 0 Å². The van der Waals surface area contributed by atoms with Crippen LogP contribution in [0.1, 0.15) is 49.2 Å². The van der Waals surface area contributed by atoms with Crippen molar-refractivity contribution in [2.24, 2.45) is 11.1 Å². The van der Waals surface area contributed by atoms with Crippen LogP contribution >= 0.6 is 0 Å². The molecular weight excluding hydrogens is 618 g/mol. The van der Waals surface area contributed by atoms with Crippen LogP contribution in [0, 0.1) is 5.41 Å². The summed E-state index contributed by atoms with van der Waals surface area (Å²) >= 11 is 0. The predicted octanol–water partition coefficient (Wildman–Crippen LogP) is 6.16. The molecule has 0 aliphatic carbocycles. The van der Waals surface area contributed by atoms with Gasteiger partial charge in [0.05, 0.1) is 6.42 Å². The first-order valence-corrected chi connectivity index (χ1v) is 15.9. The van der Waals surface area contributed by atoms with Crippen LogP contribution in [0.2, 0.25) is 0 Å². The lowest BCUT2D eigenvalue weighted by atomic mass is 9.85. The minimum absolute atomic E-state index is 0.0709. The van der Waals surface area contributed by atoms with Gasteiger partial charge < -0.3 is 25.7 Å². The number of amides is 3. The molecule has 0 aliphatic heterocycles. The number of pyridine rings is 1. The molecule has 3 aromatic carbocycles. The zero-order valence-electron chi connectivity index (χ0n) is 27.6. The zero-order valence-corrected chi connectivity index (χ0v) is 27.6. The van der Waals surface area contributed by atoms with E-state index in [0.29, 0.717) is 11.3 Å². The van der Waals surface area contributed by atoms with E-state index in [0.717, 1.165) is 27.8 Å². The maximum absolute atomic E-state index is 14.0. The van der Waals surface area contributed by atoms with E-state index in [9.17, 15) is 19.2 Å². The third kappa shape index (κ3) is 9.07. The highest BCUT2D eigenvalue weighted by atomic mass is 16.5. The second-order valence-corrected chi connectivity index (χ2v) is 12.8. The Morgan fingerprint density at radius 3 is 1.96 bits per heavy atom. The summed E-state index contributed by atoms with van der Waals surface area (Å²) in [6.07, 6.45) is 6.42. The van der Waals surface area contributed by atoms with Crippen molar-refractivity contribution in [2.45, 2.75) is 45.9 Å². The predicted molar refractivity (Wildman–Crippen MR) is 188 cm³/mol. The molecule has 0 fully saturated rings. The van der Waals surface area contributed by atoms with Crippen LogP contribution in [0.15, 0.2) is 122 Å². The van der Waals surface area contributed by atoms with Gasteiger partial charge in [0.2, 0.25) is 17.7 Å². The molecule has 10 heteroatoms. The lowest BCUT2D eigenvalue weighted by molar-refractivity contribution is -0.148. The van der Waals surface area contributed by atoms with Crippen LogP contribution in [0.5, 0.6) is 0 Å². The molecule has 0 radical (unpaired) electrons. The number of carbonyl (C=O) groups excluding carboxylic acids is 4. The number of esters is 1. The third-order valence-electron chi connectivity index (χ3n) is 8.06. The second-order valence-electron chi connectivity index (χ2n) is 12.8. The van der Waals surface area contributed by atoms with Crippen LogP contribution in [0.3, 0.4) is 0 Å². The second kappa shape index (κ2) is 15.2. The van der Waals surface area contributed by atoms with Gasteiger partial charge in [-0.3, -0.25) is 24.2 Å². The van der Waals surface area contributed by atoms with Crippen molar-refractivity contribution < 1.29 is 23.9 Å². The third-order valence-corrected chi connectivity index (χ3v) is 8.06. The number of hydrogen-bond acceptors (Lipinski definition) is 6. The first-order valence-electron chi connectivity index (χ1n) is 15.9. The van der Waals surface area contributed by atoms with Crippen molar-refractivity contribution >= 4 is 29.4 Å². The average Bonchev–Trinajstić information content (AvgIpc) is 3.59. The Hall–Kier alpha value is -6.03. The Balaban J connectivity index is 1.37. The van der Waals surface area contributed by atoms with Crippen molar-refractivity contribution in [2.75, 3.05) is 5.32 Å². The summed E-state index contributed by atoms with van der Waals surface area (Å²) < 4.78 is 7.22. The molecule has 2 aromatic heterocycles. The molecule has 5 aromatic rings. The van der Waals surface area contributed by atoms with Gasteiger partial charge in [-0.05, 0) is 63.6 Å². The Labute approximate surface area is 285 Å². The molecular formula is C39H39N5O5. The van der Waals surface area contributed by atoms with E-state index in [1.54, 1.807) is 53.6 Å². The van der Waals surface area contributed by atoms with Gasteiger partial charge in [0.25, 0.3) is 0 Å². The molecule has 2 unspecified atom stereocenters. The van der Waals surface area contributed by atoms with E-state index in [1.807, 2.05) is 93.6 Å². The minimum atomic E-state index is -1.00. The molecule has 250 valence electrons. The van der Waals surface area contributed by atoms with Gasteiger partial charge in [-0.25, -0.2) is 0 Å². The molecule has 0 aliphatic rings. The van der Waals surface area contributed by atoms with Gasteiger partial charge in [-0.1, -0.05) is 87.5 Å². The summed E-state index contributed by atoms with van der Waals surface area (Å²) in [7, 11) is 0. The number of ether oxygens (including phenoxy) is 1. The number of anilines is 1. The normalized spacial score (nSPS) is 12.4. The number of benzene rings is 3. The van der Waals surface area contributed by atoms with Crippen LogP contribution < -0.4 is 16.4 Å². The summed E-state index contributed by atoms with van der Waals surface area (Å²) in [6, 6.07) is 27.5. The molecule has 2 heterocycles. The number of rotatable bonds is 12. The maximum Gasteiger partial charge on any atom is 0.308 e. The first kappa shape index (κ1) is 34.3. The van der Waals surface area contributed by atoms with Gasteiger partial charge in [-0.2, -0.15) is 0 Å². The molecule has 2 atom stereocenters. The standard InChI is InChI=1S/C39H39N5O5/c1-39(2,3)35(38(48)42-32-17-20-41-21-18-32)43-37(47)33(23-34(45)49-25-26-7-5-4-6-8-26)44-22-19-31(24-44)29-11-9-27(10-12-29)28-13-15-30(16-14-28)36(40)46/h4-22,24,33,35H,23,25H2,1-3H3,(H2,40,46)(H,43,47)(H,41,42,48). The van der Waals surface area contributed by atoms with Crippen LogP contribution in [-0.4, -0.2) is 39.3 Å². The number of nitrogens with two attached hydrogens (primary N) is 1. The van der Waals surface area contributed by atoms with Crippen LogP contribution in [-0.2, 0) is 25.7 Å². The van der Waals surface area contributed by atoms with E-state index in [1.165, 1.54) is 0 Å². The molecule has 0 saturated heterocycles. The highest BCUT2D eigenvalue weighted by Crippen LogP contribution is 2.28. The fourth-order valence-electron chi connectivity index (χ4n) is 5.31. The smallest absolute Gasteiger partial charge is 0.308 e. The quantitative estimate of drug-likeness (QED) is 0.137. The van der Waals surface area contributed by atoms with E-state index < -0.39 is 41.2 Å². The van der Waals surface area contributed by atoms with Crippen LogP contribution in [0.4, 0.5) is 5.69 Å². The lowest BCUT2D eigenvalue weighted by Crippen LogP contribution is -2.53. The number of hydrogen-bond donors (Lipinski definition) is 3. The zero-order chi connectivity index (χ0) is 35.0. The number of nitrogens with one attached hydrogen (secondary N) is 2. The van der Waals surface area contributed by atoms with Gasteiger partial charge in [0, 0.05) is 36.0 Å². The summed E-state index contributed by atoms with van der Waals surface area (Å²) in [5.41, 5.74) is 10.1. The van der Waals surface area contributed by atoms with E-state index in [4.69, 9.17) is 10.5 Å². The highest BCUT2D eigenvalue weighted by Gasteiger charge is 2.36. The number of aromatic nitrogens is 2. The first-order chi connectivity index (χ1) is 23.5. The molecule has 0 spiro atoms. The Morgan fingerprint density at radius 2 is 1.37 bits per heavy atom. The van der Waals surface area contributed by atoms with Gasteiger partial charge in [0.1, 0.15) is 18.7 Å². The Morgan fingerprint density at radius 1 is 0.776 bits per heavy atom. The number of primary amides is 1. The van der Waals surface area contributed by atoms with Gasteiger partial charge >= 0.3 is 5.97 Å². The fourth-order valence-corrected chi connectivity index (χ4v) is 5.31. The molecule has 5 rings (SSSR count). The van der Waals surface area contributed by atoms with E-state index in [2.05, 4.69) is 15.6 Å². The van der Waals surface area contributed by atoms with Crippen molar-refractivity contribution in [1.29, 1.82) is 0 Å². The SMILES string of the molecule is CC(C)(C)C(NC(=O)C(CC(=O)OCc1ccccc1)n1ccc(-c2ccc(-c3ccc(C(N)=O)cc3)cc2)c1)C(=O)Nc1ccncc1. The molecule has 0 saturated carbocycles. The highest BCUT2D eigenvalue weighted by molar-refractivity contribution is 5.98. The van der Waals surface area contributed by atoms with E-state index in [-0.39, 0.29) is 13.0 Å².